The minimum atomic E-state index is -0.644. The number of nitrogens with zero attached hydrogens (tertiary/aromatic N) is 1. The molecule has 3 heterocycles. The summed E-state index contributed by atoms with van der Waals surface area (Å²) in [6.07, 6.45) is 4.05. The van der Waals surface area contributed by atoms with Crippen LogP contribution in [0.15, 0.2) is 87.9 Å². The van der Waals surface area contributed by atoms with Crippen molar-refractivity contribution in [1.29, 1.82) is 0 Å². The molecule has 1 amide bonds. The van der Waals surface area contributed by atoms with Crippen LogP contribution in [0.4, 0.5) is 5.82 Å². The van der Waals surface area contributed by atoms with Gasteiger partial charge in [-0.1, -0.05) is 12.1 Å². The fourth-order valence-electron chi connectivity index (χ4n) is 4.89. The van der Waals surface area contributed by atoms with E-state index in [1.807, 2.05) is 19.1 Å². The number of phenols is 1. The molecule has 0 radical (unpaired) electrons. The van der Waals surface area contributed by atoms with Crippen molar-refractivity contribution in [2.75, 3.05) is 12.4 Å². The molecule has 8 heteroatoms. The maximum Gasteiger partial charge on any atom is 0.255 e. The minimum Gasteiger partial charge on any atom is -0.504 e. The van der Waals surface area contributed by atoms with Crippen LogP contribution < -0.4 is 15.4 Å². The molecule has 0 saturated heterocycles. The van der Waals surface area contributed by atoms with Crippen molar-refractivity contribution in [3.8, 4) is 11.5 Å². The molecular weight excluding hydrogens is 446 g/mol. The summed E-state index contributed by atoms with van der Waals surface area (Å²) in [5, 5.41) is 16.3. The molecule has 2 aliphatic rings. The third-order valence-corrected chi connectivity index (χ3v) is 6.46. The zero-order valence-electron chi connectivity index (χ0n) is 19.4. The molecule has 0 saturated carbocycles. The Morgan fingerprint density at radius 1 is 1.20 bits per heavy atom. The van der Waals surface area contributed by atoms with Crippen molar-refractivity contribution >= 4 is 17.5 Å². The molecule has 0 spiro atoms. The van der Waals surface area contributed by atoms with Gasteiger partial charge < -0.3 is 24.9 Å². The Labute approximate surface area is 202 Å². The highest BCUT2D eigenvalue weighted by molar-refractivity contribution is 6.09. The number of carbonyl (C=O) groups excluding carboxylic acids is 2. The van der Waals surface area contributed by atoms with Gasteiger partial charge in [-0.3, -0.25) is 9.59 Å². The van der Waals surface area contributed by atoms with Crippen LogP contribution in [-0.4, -0.2) is 28.9 Å². The van der Waals surface area contributed by atoms with Crippen molar-refractivity contribution in [3.63, 3.8) is 0 Å². The zero-order valence-corrected chi connectivity index (χ0v) is 19.4. The Morgan fingerprint density at radius 3 is 2.77 bits per heavy atom. The summed E-state index contributed by atoms with van der Waals surface area (Å²) in [7, 11) is 1.46. The molecule has 2 atom stereocenters. The molecule has 3 N–H and O–H groups in total. The Balaban J connectivity index is 1.60. The largest absolute Gasteiger partial charge is 0.504 e. The highest BCUT2D eigenvalue weighted by Crippen LogP contribution is 2.46. The molecular formula is C27H25N3O5. The number of ether oxygens (including phenoxy) is 1. The second kappa shape index (κ2) is 9.13. The first-order valence-electron chi connectivity index (χ1n) is 11.3. The number of ketones is 1. The number of benzene rings is 1. The number of methoxy groups -OCH3 is 1. The summed E-state index contributed by atoms with van der Waals surface area (Å²) < 4.78 is 10.9. The maximum atomic E-state index is 13.6. The van der Waals surface area contributed by atoms with Gasteiger partial charge in [0.15, 0.2) is 17.3 Å². The molecule has 2 aromatic heterocycles. The van der Waals surface area contributed by atoms with Gasteiger partial charge in [-0.15, -0.1) is 0 Å². The van der Waals surface area contributed by atoms with Gasteiger partial charge in [0.2, 0.25) is 0 Å². The molecule has 0 bridgehead atoms. The third-order valence-electron chi connectivity index (χ3n) is 6.46. The normalized spacial score (nSPS) is 19.8. The van der Waals surface area contributed by atoms with Gasteiger partial charge in [0.25, 0.3) is 5.91 Å². The molecule has 1 aromatic carbocycles. The highest BCUT2D eigenvalue weighted by Gasteiger charge is 2.41. The Morgan fingerprint density at radius 2 is 2.06 bits per heavy atom. The van der Waals surface area contributed by atoms with Gasteiger partial charge in [-0.2, -0.15) is 0 Å². The van der Waals surface area contributed by atoms with Crippen LogP contribution in [0.3, 0.4) is 0 Å². The SMILES string of the molecule is COc1cc([C@@H]2C(C(=O)Nc3ccccn3)=C(C)NC3=C2C(=O)C[C@H](c2ccco2)C3)ccc1O. The number of nitrogens with one attached hydrogen (secondary N) is 2. The number of Topliss-reactive ketones (excluding diaryl/α,β-unsaturated/α-hetero) is 1. The second-order valence-corrected chi connectivity index (χ2v) is 8.63. The molecule has 3 aromatic rings. The van der Waals surface area contributed by atoms with E-state index < -0.39 is 5.92 Å². The summed E-state index contributed by atoms with van der Waals surface area (Å²) in [5.74, 6) is 0.257. The first-order chi connectivity index (χ1) is 17.0. The minimum absolute atomic E-state index is 0.0209. The van der Waals surface area contributed by atoms with Gasteiger partial charge in [0, 0.05) is 47.0 Å². The van der Waals surface area contributed by atoms with Gasteiger partial charge in [-0.05, 0) is 55.3 Å². The average molecular weight is 472 g/mol. The van der Waals surface area contributed by atoms with Gasteiger partial charge in [0.1, 0.15) is 11.6 Å². The van der Waals surface area contributed by atoms with Crippen molar-refractivity contribution in [1.82, 2.24) is 10.3 Å². The monoisotopic (exact) mass is 471 g/mol. The topological polar surface area (TPSA) is 114 Å². The summed E-state index contributed by atoms with van der Waals surface area (Å²) in [6.45, 7) is 1.82. The van der Waals surface area contributed by atoms with E-state index in [1.165, 1.54) is 13.2 Å². The summed E-state index contributed by atoms with van der Waals surface area (Å²) >= 11 is 0. The molecule has 178 valence electrons. The van der Waals surface area contributed by atoms with Gasteiger partial charge >= 0.3 is 0 Å². The molecule has 0 fully saturated rings. The van der Waals surface area contributed by atoms with Crippen LogP contribution in [0.2, 0.25) is 0 Å². The van der Waals surface area contributed by atoms with Crippen LogP contribution in [0.5, 0.6) is 11.5 Å². The molecule has 1 aliphatic carbocycles. The smallest absolute Gasteiger partial charge is 0.255 e. The zero-order chi connectivity index (χ0) is 24.5. The lowest BCUT2D eigenvalue weighted by Crippen LogP contribution is -2.37. The summed E-state index contributed by atoms with van der Waals surface area (Å²) in [4.78, 5) is 31.3. The lowest BCUT2D eigenvalue weighted by Gasteiger charge is -2.36. The summed E-state index contributed by atoms with van der Waals surface area (Å²) in [6, 6.07) is 13.8. The standard InChI is InChI=1S/C27H25N3O5/c1-15-24(27(33)30-23-7-3-4-10-28-23)25(16-8-9-19(31)22(14-16)34-2)26-18(29-15)12-17(13-20(26)32)21-6-5-11-35-21/h3-11,14,17,25,29,31H,12-13H2,1-2H3,(H,28,30,33)/t17-,25-/m1/s1. The first-order valence-corrected chi connectivity index (χ1v) is 11.3. The number of carbonyl (C=O) groups is 2. The van der Waals surface area contributed by atoms with Crippen molar-refractivity contribution in [3.05, 3.63) is 94.9 Å². The fourth-order valence-corrected chi connectivity index (χ4v) is 4.89. The average Bonchev–Trinajstić information content (AvgIpc) is 3.39. The predicted octanol–water partition coefficient (Wildman–Crippen LogP) is 4.39. The Hall–Kier alpha value is -4.33. The Bertz CT molecular complexity index is 1340. The first kappa shape index (κ1) is 22.5. The lowest BCUT2D eigenvalue weighted by molar-refractivity contribution is -0.116. The van der Waals surface area contributed by atoms with E-state index in [4.69, 9.17) is 9.15 Å². The number of allylic oxidation sites excluding steroid dienone is 3. The molecule has 8 nitrogen and oxygen atoms in total. The van der Waals surface area contributed by atoms with E-state index in [0.717, 1.165) is 11.5 Å². The number of phenolic OH excluding ortho intramolecular Hbond substituents is 1. The number of amides is 1. The molecule has 1 aliphatic heterocycles. The van der Waals surface area contributed by atoms with E-state index >= 15 is 0 Å². The Kier molecular flexibility index (Phi) is 5.86. The maximum absolute atomic E-state index is 13.6. The number of aromatic hydroxyl groups is 1. The number of dihydropyridines is 1. The van der Waals surface area contributed by atoms with E-state index in [2.05, 4.69) is 15.6 Å². The lowest BCUT2D eigenvalue weighted by atomic mass is 9.72. The molecule has 0 unspecified atom stereocenters. The second-order valence-electron chi connectivity index (χ2n) is 8.63. The van der Waals surface area contributed by atoms with Crippen LogP contribution in [0.1, 0.15) is 42.9 Å². The highest BCUT2D eigenvalue weighted by atomic mass is 16.5. The fraction of sp³-hybridized carbons (Fsp3) is 0.222. The van der Waals surface area contributed by atoms with E-state index in [1.54, 1.807) is 42.8 Å². The van der Waals surface area contributed by atoms with E-state index in [9.17, 15) is 14.7 Å². The van der Waals surface area contributed by atoms with Gasteiger partial charge in [-0.25, -0.2) is 4.98 Å². The van der Waals surface area contributed by atoms with Gasteiger partial charge in [0.05, 0.1) is 13.4 Å². The number of hydrogen-bond acceptors (Lipinski definition) is 7. The number of anilines is 1. The molecule has 5 rings (SSSR count). The number of furan rings is 1. The number of pyridine rings is 1. The van der Waals surface area contributed by atoms with Crippen LogP contribution in [-0.2, 0) is 9.59 Å². The third kappa shape index (κ3) is 4.19. The number of hydrogen-bond donors (Lipinski definition) is 3. The van der Waals surface area contributed by atoms with E-state index in [-0.39, 0.29) is 35.5 Å². The number of rotatable bonds is 5. The van der Waals surface area contributed by atoms with E-state index in [0.29, 0.717) is 34.6 Å². The number of aromatic nitrogens is 1. The van der Waals surface area contributed by atoms with Crippen LogP contribution in [0.25, 0.3) is 0 Å². The van der Waals surface area contributed by atoms with Crippen LogP contribution in [0, 0.1) is 0 Å². The summed E-state index contributed by atoms with van der Waals surface area (Å²) in [5.41, 5.74) is 3.03. The van der Waals surface area contributed by atoms with Crippen molar-refractivity contribution < 1.29 is 23.8 Å². The van der Waals surface area contributed by atoms with Crippen molar-refractivity contribution in [2.45, 2.75) is 31.6 Å². The van der Waals surface area contributed by atoms with Crippen molar-refractivity contribution in [2.24, 2.45) is 0 Å². The quantitative estimate of drug-likeness (QED) is 0.506. The predicted molar refractivity (Wildman–Crippen MR) is 129 cm³/mol. The van der Waals surface area contributed by atoms with Crippen LogP contribution >= 0.6 is 0 Å². The molecule has 35 heavy (non-hydrogen) atoms.